The van der Waals surface area contributed by atoms with Gasteiger partial charge in [0.25, 0.3) is 5.56 Å². The molecule has 0 saturated heterocycles. The van der Waals surface area contributed by atoms with E-state index in [0.29, 0.717) is 11.9 Å². The van der Waals surface area contributed by atoms with Crippen LogP contribution in [-0.4, -0.2) is 9.78 Å². The number of anilines is 1. The van der Waals surface area contributed by atoms with Crippen LogP contribution in [0.15, 0.2) is 59.5 Å². The smallest absolute Gasteiger partial charge is 0.274 e. The molecular weight excluding hydrogens is 250 g/mol. The SMILES string of the molecule is Nc1ccc(CCn2ncc3ccccc3c2=O)cc1. The van der Waals surface area contributed by atoms with E-state index < -0.39 is 0 Å². The molecule has 0 saturated carbocycles. The molecule has 0 unspecified atom stereocenters. The molecule has 4 nitrogen and oxygen atoms in total. The van der Waals surface area contributed by atoms with Crippen LogP contribution in [0.1, 0.15) is 5.56 Å². The molecule has 20 heavy (non-hydrogen) atoms. The van der Waals surface area contributed by atoms with Crippen molar-refractivity contribution in [2.24, 2.45) is 0 Å². The largest absolute Gasteiger partial charge is 0.399 e. The third-order valence-corrected chi connectivity index (χ3v) is 3.35. The fourth-order valence-corrected chi connectivity index (χ4v) is 2.21. The first-order valence-corrected chi connectivity index (χ1v) is 6.53. The first-order valence-electron chi connectivity index (χ1n) is 6.53. The van der Waals surface area contributed by atoms with E-state index in [4.69, 9.17) is 5.73 Å². The first kappa shape index (κ1) is 12.4. The van der Waals surface area contributed by atoms with Gasteiger partial charge in [0, 0.05) is 17.6 Å². The molecule has 2 aromatic carbocycles. The molecule has 0 spiro atoms. The maximum atomic E-state index is 12.3. The number of nitrogen functional groups attached to an aromatic ring is 1. The van der Waals surface area contributed by atoms with Crippen LogP contribution in [0.5, 0.6) is 0 Å². The minimum Gasteiger partial charge on any atom is -0.399 e. The van der Waals surface area contributed by atoms with Gasteiger partial charge in [0.05, 0.1) is 11.6 Å². The van der Waals surface area contributed by atoms with Gasteiger partial charge >= 0.3 is 0 Å². The monoisotopic (exact) mass is 265 g/mol. The van der Waals surface area contributed by atoms with Gasteiger partial charge in [0.2, 0.25) is 0 Å². The number of aromatic nitrogens is 2. The lowest BCUT2D eigenvalue weighted by atomic mass is 10.1. The summed E-state index contributed by atoms with van der Waals surface area (Å²) in [5, 5.41) is 5.80. The lowest BCUT2D eigenvalue weighted by molar-refractivity contribution is 0.584. The van der Waals surface area contributed by atoms with Gasteiger partial charge in [0.1, 0.15) is 0 Å². The standard InChI is InChI=1S/C16H15N3O/c17-14-7-5-12(6-8-14)9-10-19-16(20)15-4-2-1-3-13(15)11-18-19/h1-8,11H,9-10,17H2. The number of hydrogen-bond acceptors (Lipinski definition) is 3. The Kier molecular flexibility index (Phi) is 3.21. The van der Waals surface area contributed by atoms with Crippen LogP contribution in [0.2, 0.25) is 0 Å². The molecule has 0 fully saturated rings. The van der Waals surface area contributed by atoms with Gasteiger partial charge < -0.3 is 5.73 Å². The molecule has 0 aliphatic heterocycles. The molecule has 0 radical (unpaired) electrons. The summed E-state index contributed by atoms with van der Waals surface area (Å²) in [5.41, 5.74) is 7.49. The second-order valence-electron chi connectivity index (χ2n) is 4.75. The van der Waals surface area contributed by atoms with Gasteiger partial charge in [-0.05, 0) is 30.2 Å². The van der Waals surface area contributed by atoms with Crippen LogP contribution in [0.4, 0.5) is 5.69 Å². The first-order chi connectivity index (χ1) is 9.74. The van der Waals surface area contributed by atoms with Crippen LogP contribution in [0.25, 0.3) is 10.8 Å². The second-order valence-corrected chi connectivity index (χ2v) is 4.75. The highest BCUT2D eigenvalue weighted by atomic mass is 16.1. The zero-order valence-corrected chi connectivity index (χ0v) is 11.0. The van der Waals surface area contributed by atoms with Crippen molar-refractivity contribution in [1.29, 1.82) is 0 Å². The summed E-state index contributed by atoms with van der Waals surface area (Å²) in [6, 6.07) is 15.2. The molecule has 0 bridgehead atoms. The van der Waals surface area contributed by atoms with E-state index in [9.17, 15) is 4.79 Å². The molecule has 0 amide bonds. The van der Waals surface area contributed by atoms with Gasteiger partial charge in [-0.15, -0.1) is 0 Å². The van der Waals surface area contributed by atoms with E-state index in [1.807, 2.05) is 48.5 Å². The Morgan fingerprint density at radius 1 is 1.05 bits per heavy atom. The van der Waals surface area contributed by atoms with Crippen LogP contribution < -0.4 is 11.3 Å². The van der Waals surface area contributed by atoms with Crippen molar-refractivity contribution < 1.29 is 0 Å². The van der Waals surface area contributed by atoms with E-state index in [1.165, 1.54) is 4.68 Å². The van der Waals surface area contributed by atoms with E-state index in [1.54, 1.807) is 6.20 Å². The molecule has 3 aromatic rings. The lowest BCUT2D eigenvalue weighted by Crippen LogP contribution is -2.23. The van der Waals surface area contributed by atoms with E-state index in [0.717, 1.165) is 23.1 Å². The predicted molar refractivity (Wildman–Crippen MR) is 80.6 cm³/mol. The Morgan fingerprint density at radius 3 is 2.60 bits per heavy atom. The van der Waals surface area contributed by atoms with Gasteiger partial charge in [-0.25, -0.2) is 4.68 Å². The Bertz CT molecular complexity index is 791. The summed E-state index contributed by atoms with van der Waals surface area (Å²) in [6.07, 6.45) is 2.49. The number of rotatable bonds is 3. The van der Waals surface area contributed by atoms with Crippen molar-refractivity contribution in [3.63, 3.8) is 0 Å². The summed E-state index contributed by atoms with van der Waals surface area (Å²) < 4.78 is 1.51. The third kappa shape index (κ3) is 2.40. The molecule has 4 heteroatoms. The molecule has 100 valence electrons. The second kappa shape index (κ2) is 5.17. The van der Waals surface area contributed by atoms with Crippen LogP contribution >= 0.6 is 0 Å². The van der Waals surface area contributed by atoms with Crippen LogP contribution in [-0.2, 0) is 13.0 Å². The predicted octanol–water partition coefficient (Wildman–Crippen LogP) is 2.22. The molecule has 2 N–H and O–H groups in total. The average molecular weight is 265 g/mol. The topological polar surface area (TPSA) is 60.9 Å². The molecular formula is C16H15N3O. The quantitative estimate of drug-likeness (QED) is 0.739. The van der Waals surface area contributed by atoms with Crippen molar-refractivity contribution in [3.05, 3.63) is 70.6 Å². The normalized spacial score (nSPS) is 10.8. The minimum atomic E-state index is -0.0430. The Labute approximate surface area is 116 Å². The Hall–Kier alpha value is -2.62. The highest BCUT2D eigenvalue weighted by Gasteiger charge is 2.03. The maximum Gasteiger partial charge on any atom is 0.274 e. The fraction of sp³-hybridized carbons (Fsp3) is 0.125. The zero-order valence-electron chi connectivity index (χ0n) is 11.0. The molecule has 3 rings (SSSR count). The Morgan fingerprint density at radius 2 is 1.80 bits per heavy atom. The molecule has 1 heterocycles. The highest BCUT2D eigenvalue weighted by Crippen LogP contribution is 2.08. The van der Waals surface area contributed by atoms with Crippen LogP contribution in [0.3, 0.4) is 0 Å². The molecule has 0 atom stereocenters. The summed E-state index contributed by atoms with van der Waals surface area (Å²) in [5.74, 6) is 0. The van der Waals surface area contributed by atoms with Gasteiger partial charge in [-0.2, -0.15) is 5.10 Å². The summed E-state index contributed by atoms with van der Waals surface area (Å²) in [4.78, 5) is 12.3. The van der Waals surface area contributed by atoms with E-state index >= 15 is 0 Å². The lowest BCUT2D eigenvalue weighted by Gasteiger charge is -2.06. The minimum absolute atomic E-state index is 0.0430. The van der Waals surface area contributed by atoms with Gasteiger partial charge in [-0.3, -0.25) is 4.79 Å². The van der Waals surface area contributed by atoms with Crippen molar-refractivity contribution in [1.82, 2.24) is 9.78 Å². The van der Waals surface area contributed by atoms with Gasteiger partial charge in [-0.1, -0.05) is 30.3 Å². The number of nitrogens with two attached hydrogens (primary N) is 1. The van der Waals surface area contributed by atoms with Crippen molar-refractivity contribution in [2.45, 2.75) is 13.0 Å². The number of aryl methyl sites for hydroxylation is 2. The Balaban J connectivity index is 1.86. The number of hydrogen-bond donors (Lipinski definition) is 1. The van der Waals surface area contributed by atoms with Crippen molar-refractivity contribution >= 4 is 16.5 Å². The summed E-state index contributed by atoms with van der Waals surface area (Å²) >= 11 is 0. The van der Waals surface area contributed by atoms with E-state index in [-0.39, 0.29) is 5.56 Å². The molecule has 0 aliphatic carbocycles. The summed E-state index contributed by atoms with van der Waals surface area (Å²) in [6.45, 7) is 0.563. The number of fused-ring (bicyclic) bond motifs is 1. The maximum absolute atomic E-state index is 12.3. The van der Waals surface area contributed by atoms with Gasteiger partial charge in [0.15, 0.2) is 0 Å². The van der Waals surface area contributed by atoms with Crippen molar-refractivity contribution in [3.8, 4) is 0 Å². The summed E-state index contributed by atoms with van der Waals surface area (Å²) in [7, 11) is 0. The van der Waals surface area contributed by atoms with Crippen LogP contribution in [0, 0.1) is 0 Å². The van der Waals surface area contributed by atoms with Crippen molar-refractivity contribution in [2.75, 3.05) is 5.73 Å². The molecule has 1 aromatic heterocycles. The average Bonchev–Trinajstić information content (AvgIpc) is 2.49. The number of nitrogens with zero attached hydrogens (tertiary/aromatic N) is 2. The number of benzene rings is 2. The van der Waals surface area contributed by atoms with E-state index in [2.05, 4.69) is 5.10 Å². The third-order valence-electron chi connectivity index (χ3n) is 3.35. The fourth-order valence-electron chi connectivity index (χ4n) is 2.21. The molecule has 0 aliphatic rings. The zero-order chi connectivity index (χ0) is 13.9. The highest BCUT2D eigenvalue weighted by molar-refractivity contribution is 5.80.